The molecule has 1 amide bonds. The predicted molar refractivity (Wildman–Crippen MR) is 70.5 cm³/mol. The van der Waals surface area contributed by atoms with Crippen LogP contribution in [0.5, 0.6) is 5.75 Å². The highest BCUT2D eigenvalue weighted by Crippen LogP contribution is 2.14. The number of carbonyl (C=O) groups is 1. The molecule has 0 spiro atoms. The Labute approximate surface area is 111 Å². The van der Waals surface area contributed by atoms with Crippen LogP contribution in [0.15, 0.2) is 40.8 Å². The molecule has 5 nitrogen and oxygen atoms in total. The second-order valence-electron chi connectivity index (χ2n) is 4.30. The van der Waals surface area contributed by atoms with Crippen LogP contribution in [0, 0.1) is 0 Å². The van der Waals surface area contributed by atoms with Gasteiger partial charge in [0.05, 0.1) is 6.54 Å². The van der Waals surface area contributed by atoms with E-state index in [0.29, 0.717) is 12.3 Å². The highest BCUT2D eigenvalue weighted by molar-refractivity contribution is 5.91. The molecule has 2 aromatic rings. The normalized spacial score (nSPS) is 10.4. The molecular formula is C14H16N2O3. The monoisotopic (exact) mass is 260 g/mol. The number of aromatic hydroxyl groups is 1. The first-order chi connectivity index (χ1) is 9.10. The summed E-state index contributed by atoms with van der Waals surface area (Å²) in [4.78, 5) is 13.6. The van der Waals surface area contributed by atoms with Crippen molar-refractivity contribution < 1.29 is 14.3 Å². The molecule has 0 saturated carbocycles. The molecule has 0 aliphatic heterocycles. The lowest BCUT2D eigenvalue weighted by atomic mass is 10.2. The van der Waals surface area contributed by atoms with Crippen molar-refractivity contribution in [3.63, 3.8) is 0 Å². The third kappa shape index (κ3) is 3.14. The number of nitrogens with zero attached hydrogens (tertiary/aromatic N) is 1. The molecule has 3 N–H and O–H groups in total. The van der Waals surface area contributed by atoms with Crippen LogP contribution < -0.4 is 5.73 Å². The first-order valence-corrected chi connectivity index (χ1v) is 5.92. The summed E-state index contributed by atoms with van der Waals surface area (Å²) < 4.78 is 5.32. The Morgan fingerprint density at radius 3 is 2.53 bits per heavy atom. The first kappa shape index (κ1) is 13.2. The molecule has 19 heavy (non-hydrogen) atoms. The van der Waals surface area contributed by atoms with Crippen molar-refractivity contribution in [3.8, 4) is 5.75 Å². The lowest BCUT2D eigenvalue weighted by Crippen LogP contribution is -2.25. The van der Waals surface area contributed by atoms with Gasteiger partial charge >= 0.3 is 0 Å². The summed E-state index contributed by atoms with van der Waals surface area (Å²) in [6.45, 7) is 0.715. The minimum absolute atomic E-state index is 0.201. The number of rotatable bonds is 4. The van der Waals surface area contributed by atoms with E-state index in [-0.39, 0.29) is 24.0 Å². The van der Waals surface area contributed by atoms with Gasteiger partial charge in [0.15, 0.2) is 5.76 Å². The molecule has 0 aliphatic carbocycles. The summed E-state index contributed by atoms with van der Waals surface area (Å²) >= 11 is 0. The van der Waals surface area contributed by atoms with Crippen LogP contribution >= 0.6 is 0 Å². The Morgan fingerprint density at radius 2 is 1.95 bits per heavy atom. The van der Waals surface area contributed by atoms with Crippen molar-refractivity contribution in [3.05, 3.63) is 53.5 Å². The van der Waals surface area contributed by atoms with E-state index in [4.69, 9.17) is 10.2 Å². The zero-order valence-electron chi connectivity index (χ0n) is 10.7. The summed E-state index contributed by atoms with van der Waals surface area (Å²) in [7, 11) is 1.69. The van der Waals surface area contributed by atoms with E-state index in [1.165, 1.54) is 0 Å². The molecular weight excluding hydrogens is 244 g/mol. The largest absolute Gasteiger partial charge is 0.508 e. The molecule has 0 aliphatic rings. The first-order valence-electron chi connectivity index (χ1n) is 5.92. The highest BCUT2D eigenvalue weighted by atomic mass is 16.4. The molecule has 0 saturated heterocycles. The van der Waals surface area contributed by atoms with Gasteiger partial charge in [0, 0.05) is 13.6 Å². The fourth-order valence-corrected chi connectivity index (χ4v) is 1.74. The molecule has 2 rings (SSSR count). The van der Waals surface area contributed by atoms with Crippen LogP contribution in [0.2, 0.25) is 0 Å². The number of carbonyl (C=O) groups excluding carboxylic acids is 1. The van der Waals surface area contributed by atoms with E-state index in [2.05, 4.69) is 0 Å². The average Bonchev–Trinajstić information content (AvgIpc) is 2.89. The summed E-state index contributed by atoms with van der Waals surface area (Å²) in [5, 5.41) is 9.20. The fourth-order valence-electron chi connectivity index (χ4n) is 1.74. The van der Waals surface area contributed by atoms with Crippen molar-refractivity contribution >= 4 is 5.91 Å². The number of nitrogens with two attached hydrogens (primary N) is 1. The topological polar surface area (TPSA) is 79.7 Å². The predicted octanol–water partition coefficient (Wildman–Crippen LogP) is 1.72. The third-order valence-corrected chi connectivity index (χ3v) is 2.78. The van der Waals surface area contributed by atoms with Crippen LogP contribution in [0.4, 0.5) is 0 Å². The summed E-state index contributed by atoms with van der Waals surface area (Å²) in [5.41, 5.74) is 6.36. The van der Waals surface area contributed by atoms with E-state index in [1.807, 2.05) is 0 Å². The zero-order chi connectivity index (χ0) is 13.8. The van der Waals surface area contributed by atoms with Gasteiger partial charge in [-0.1, -0.05) is 12.1 Å². The Kier molecular flexibility index (Phi) is 3.87. The quantitative estimate of drug-likeness (QED) is 0.877. The lowest BCUT2D eigenvalue weighted by Gasteiger charge is -2.15. The number of benzene rings is 1. The van der Waals surface area contributed by atoms with Crippen molar-refractivity contribution in [2.75, 3.05) is 7.05 Å². The van der Waals surface area contributed by atoms with E-state index < -0.39 is 0 Å². The van der Waals surface area contributed by atoms with Gasteiger partial charge in [-0.25, -0.2) is 0 Å². The molecule has 1 aromatic carbocycles. The van der Waals surface area contributed by atoms with Crippen LogP contribution in [0.1, 0.15) is 21.9 Å². The number of phenolic OH excluding ortho intramolecular Hbond substituents is 1. The van der Waals surface area contributed by atoms with Gasteiger partial charge in [-0.2, -0.15) is 0 Å². The van der Waals surface area contributed by atoms with Crippen molar-refractivity contribution in [1.29, 1.82) is 0 Å². The third-order valence-electron chi connectivity index (χ3n) is 2.78. The Hall–Kier alpha value is -2.27. The highest BCUT2D eigenvalue weighted by Gasteiger charge is 2.15. The van der Waals surface area contributed by atoms with E-state index in [1.54, 1.807) is 48.3 Å². The Balaban J connectivity index is 2.04. The molecule has 0 bridgehead atoms. The van der Waals surface area contributed by atoms with Gasteiger partial charge in [-0.15, -0.1) is 0 Å². The maximum atomic E-state index is 12.1. The maximum absolute atomic E-state index is 12.1. The number of hydrogen-bond donors (Lipinski definition) is 2. The number of hydrogen-bond acceptors (Lipinski definition) is 4. The smallest absolute Gasteiger partial charge is 0.289 e. The summed E-state index contributed by atoms with van der Waals surface area (Å²) in [6, 6.07) is 10.0. The van der Waals surface area contributed by atoms with Crippen molar-refractivity contribution in [2.45, 2.75) is 13.1 Å². The molecule has 0 fully saturated rings. The number of amides is 1. The van der Waals surface area contributed by atoms with Gasteiger partial charge in [0.1, 0.15) is 11.5 Å². The van der Waals surface area contributed by atoms with Gasteiger partial charge in [-0.3, -0.25) is 4.79 Å². The summed E-state index contributed by atoms with van der Waals surface area (Å²) in [5.74, 6) is 0.868. The second-order valence-corrected chi connectivity index (χ2v) is 4.30. The standard InChI is InChI=1S/C14H16N2O3/c1-16(9-10-2-4-11(17)5-3-10)14(18)13-7-6-12(8-15)19-13/h2-7,17H,8-9,15H2,1H3. The van der Waals surface area contributed by atoms with Gasteiger partial charge in [-0.05, 0) is 29.8 Å². The SMILES string of the molecule is CN(Cc1ccc(O)cc1)C(=O)c1ccc(CN)o1. The molecule has 0 radical (unpaired) electrons. The molecule has 1 aromatic heterocycles. The minimum Gasteiger partial charge on any atom is -0.508 e. The van der Waals surface area contributed by atoms with Gasteiger partial charge in [0.2, 0.25) is 0 Å². The van der Waals surface area contributed by atoms with Crippen LogP contribution in [-0.2, 0) is 13.1 Å². The number of phenols is 1. The Bertz CT molecular complexity index is 560. The fraction of sp³-hybridized carbons (Fsp3) is 0.214. The van der Waals surface area contributed by atoms with E-state index in [0.717, 1.165) is 5.56 Å². The molecule has 0 unspecified atom stereocenters. The van der Waals surface area contributed by atoms with Gasteiger partial charge in [0.25, 0.3) is 5.91 Å². The maximum Gasteiger partial charge on any atom is 0.289 e. The Morgan fingerprint density at radius 1 is 1.26 bits per heavy atom. The number of furan rings is 1. The summed E-state index contributed by atoms with van der Waals surface area (Å²) in [6.07, 6.45) is 0. The van der Waals surface area contributed by atoms with Crippen LogP contribution in [0.3, 0.4) is 0 Å². The van der Waals surface area contributed by atoms with Crippen LogP contribution in [0.25, 0.3) is 0 Å². The lowest BCUT2D eigenvalue weighted by molar-refractivity contribution is 0.0751. The molecule has 1 heterocycles. The second kappa shape index (κ2) is 5.58. The minimum atomic E-state index is -0.201. The zero-order valence-corrected chi connectivity index (χ0v) is 10.7. The van der Waals surface area contributed by atoms with Gasteiger partial charge < -0.3 is 20.2 Å². The molecule has 100 valence electrons. The van der Waals surface area contributed by atoms with Crippen molar-refractivity contribution in [1.82, 2.24) is 4.90 Å². The molecule has 5 heteroatoms. The molecule has 0 atom stereocenters. The van der Waals surface area contributed by atoms with E-state index in [9.17, 15) is 9.90 Å². The van der Waals surface area contributed by atoms with Crippen LogP contribution in [-0.4, -0.2) is 23.0 Å². The average molecular weight is 260 g/mol. The van der Waals surface area contributed by atoms with Crippen molar-refractivity contribution in [2.24, 2.45) is 5.73 Å². The van der Waals surface area contributed by atoms with E-state index >= 15 is 0 Å².